The molecular formula is C20H18F7NO2. The Hall–Kier alpha value is -2.17. The van der Waals surface area contributed by atoms with Crippen LogP contribution >= 0.6 is 0 Å². The van der Waals surface area contributed by atoms with Crippen LogP contribution in [0.5, 0.6) is 0 Å². The van der Waals surface area contributed by atoms with Crippen LogP contribution in [-0.4, -0.2) is 26.0 Å². The van der Waals surface area contributed by atoms with E-state index in [1.807, 2.05) is 0 Å². The predicted molar refractivity (Wildman–Crippen MR) is 93.0 cm³/mol. The van der Waals surface area contributed by atoms with Crippen LogP contribution in [0.1, 0.15) is 28.3 Å². The molecule has 164 valence electrons. The number of ether oxygens (including phenoxy) is 2. The molecule has 0 radical (unpaired) electrons. The van der Waals surface area contributed by atoms with Crippen molar-refractivity contribution >= 4 is 0 Å². The van der Waals surface area contributed by atoms with Crippen molar-refractivity contribution in [1.82, 2.24) is 5.32 Å². The fourth-order valence-electron chi connectivity index (χ4n) is 3.13. The van der Waals surface area contributed by atoms with Gasteiger partial charge in [0.25, 0.3) is 0 Å². The Bertz CT molecular complexity index is 817. The number of alkyl halides is 6. The van der Waals surface area contributed by atoms with Gasteiger partial charge in [-0.3, -0.25) is 0 Å². The normalized spacial score (nSPS) is 20.4. The number of halogens is 7. The van der Waals surface area contributed by atoms with E-state index in [9.17, 15) is 30.7 Å². The second kappa shape index (κ2) is 8.91. The maximum absolute atomic E-state index is 13.1. The van der Waals surface area contributed by atoms with Crippen LogP contribution in [0.15, 0.2) is 42.5 Å². The van der Waals surface area contributed by atoms with Crippen molar-refractivity contribution in [3.8, 4) is 0 Å². The minimum atomic E-state index is -4.90. The maximum atomic E-state index is 13.1. The molecular weight excluding hydrogens is 419 g/mol. The zero-order chi connectivity index (χ0) is 21.9. The van der Waals surface area contributed by atoms with Gasteiger partial charge in [-0.1, -0.05) is 12.1 Å². The Labute approximate surface area is 167 Å². The first kappa shape index (κ1) is 22.5. The average molecular weight is 437 g/mol. The fourth-order valence-corrected chi connectivity index (χ4v) is 3.13. The zero-order valence-corrected chi connectivity index (χ0v) is 15.5. The summed E-state index contributed by atoms with van der Waals surface area (Å²) in [6.45, 7) is 0.650. The number of rotatable bonds is 5. The highest BCUT2D eigenvalue weighted by Crippen LogP contribution is 2.36. The van der Waals surface area contributed by atoms with Crippen molar-refractivity contribution in [2.75, 3.05) is 19.8 Å². The van der Waals surface area contributed by atoms with Crippen LogP contribution in [0.2, 0.25) is 0 Å². The molecule has 1 aliphatic heterocycles. The lowest BCUT2D eigenvalue weighted by molar-refractivity contribution is -0.177. The average Bonchev–Trinajstić information content (AvgIpc) is 2.67. The molecule has 0 bridgehead atoms. The number of nitrogens with one attached hydrogen (secondary N) is 1. The van der Waals surface area contributed by atoms with Crippen molar-refractivity contribution in [2.45, 2.75) is 31.1 Å². The lowest BCUT2D eigenvalue weighted by Crippen LogP contribution is -2.43. The lowest BCUT2D eigenvalue weighted by Gasteiger charge is -2.33. The Morgan fingerprint density at radius 3 is 2.10 bits per heavy atom. The van der Waals surface area contributed by atoms with E-state index in [4.69, 9.17) is 9.47 Å². The minimum Gasteiger partial charge on any atom is -0.350 e. The van der Waals surface area contributed by atoms with Crippen molar-refractivity contribution in [3.63, 3.8) is 0 Å². The molecule has 1 heterocycles. The molecule has 1 saturated heterocycles. The number of hydrogen-bond donors (Lipinski definition) is 1. The summed E-state index contributed by atoms with van der Waals surface area (Å²) in [4.78, 5) is 0. The summed E-state index contributed by atoms with van der Waals surface area (Å²) in [6, 6.07) is 6.61. The maximum Gasteiger partial charge on any atom is 0.416 e. The topological polar surface area (TPSA) is 30.5 Å². The molecule has 3 nitrogen and oxygen atoms in total. The summed E-state index contributed by atoms with van der Waals surface area (Å²) in [7, 11) is 0. The molecule has 1 fully saturated rings. The van der Waals surface area contributed by atoms with Crippen molar-refractivity contribution in [1.29, 1.82) is 0 Å². The van der Waals surface area contributed by atoms with E-state index in [0.717, 1.165) is 0 Å². The molecule has 0 aliphatic carbocycles. The summed E-state index contributed by atoms with van der Waals surface area (Å²) in [5.41, 5.74) is -2.21. The predicted octanol–water partition coefficient (Wildman–Crippen LogP) is 5.11. The molecule has 0 aromatic heterocycles. The highest BCUT2D eigenvalue weighted by molar-refractivity contribution is 5.33. The van der Waals surface area contributed by atoms with Crippen molar-refractivity contribution in [3.05, 3.63) is 70.5 Å². The third-order valence-electron chi connectivity index (χ3n) is 4.57. The van der Waals surface area contributed by atoms with Gasteiger partial charge in [0.15, 0.2) is 6.29 Å². The van der Waals surface area contributed by atoms with Crippen LogP contribution in [0.25, 0.3) is 0 Å². The van der Waals surface area contributed by atoms with Gasteiger partial charge < -0.3 is 14.8 Å². The fraction of sp³-hybridized carbons (Fsp3) is 0.400. The molecule has 0 spiro atoms. The van der Waals surface area contributed by atoms with E-state index >= 15 is 0 Å². The molecule has 1 N–H and O–H groups in total. The third kappa shape index (κ3) is 5.71. The third-order valence-corrected chi connectivity index (χ3v) is 4.57. The quantitative estimate of drug-likeness (QED) is 0.660. The van der Waals surface area contributed by atoms with Gasteiger partial charge in [0.1, 0.15) is 5.82 Å². The first-order chi connectivity index (χ1) is 14.0. The number of benzene rings is 2. The smallest absolute Gasteiger partial charge is 0.350 e. The van der Waals surface area contributed by atoms with Gasteiger partial charge in [-0.2, -0.15) is 26.3 Å². The highest BCUT2D eigenvalue weighted by atomic mass is 19.4. The van der Waals surface area contributed by atoms with E-state index < -0.39 is 41.6 Å². The Morgan fingerprint density at radius 1 is 0.933 bits per heavy atom. The van der Waals surface area contributed by atoms with Crippen LogP contribution in [-0.2, 0) is 28.2 Å². The monoisotopic (exact) mass is 437 g/mol. The second-order valence-corrected chi connectivity index (χ2v) is 6.76. The SMILES string of the molecule is Fc1ccc([C@@H]2NCCO[C@@H]2OCCc2cc(C(F)(F)F)cc(C(F)(F)F)c2)cc1. The van der Waals surface area contributed by atoms with Gasteiger partial charge in [-0.05, 0) is 47.9 Å². The number of morpholine rings is 1. The van der Waals surface area contributed by atoms with Crippen molar-refractivity contribution < 1.29 is 40.2 Å². The van der Waals surface area contributed by atoms with Gasteiger partial charge >= 0.3 is 12.4 Å². The van der Waals surface area contributed by atoms with Gasteiger partial charge in [0.05, 0.1) is 30.4 Å². The van der Waals surface area contributed by atoms with Crippen LogP contribution in [0.4, 0.5) is 30.7 Å². The zero-order valence-electron chi connectivity index (χ0n) is 15.5. The van der Waals surface area contributed by atoms with Crippen LogP contribution in [0, 0.1) is 5.82 Å². The van der Waals surface area contributed by atoms with Crippen LogP contribution < -0.4 is 5.32 Å². The molecule has 2 aromatic carbocycles. The van der Waals surface area contributed by atoms with Gasteiger partial charge in [-0.15, -0.1) is 0 Å². The second-order valence-electron chi connectivity index (χ2n) is 6.76. The minimum absolute atomic E-state index is 0.0864. The molecule has 3 rings (SSSR count). The summed E-state index contributed by atoms with van der Waals surface area (Å²) < 4.78 is 102. The van der Waals surface area contributed by atoms with Gasteiger partial charge in [0.2, 0.25) is 0 Å². The summed E-state index contributed by atoms with van der Waals surface area (Å²) in [5.74, 6) is -0.419. The Balaban J connectivity index is 1.70. The highest BCUT2D eigenvalue weighted by Gasteiger charge is 2.37. The summed E-state index contributed by atoms with van der Waals surface area (Å²) in [5, 5.41) is 3.14. The standard InChI is InChI=1S/C20H18F7NO2/c21-16-3-1-13(2-4-16)17-18(30-8-6-28-17)29-7-5-12-9-14(19(22,23)24)11-15(10-12)20(25,26)27/h1-4,9-11,17-18,28H,5-8H2/t17-,18-/m0/s1. The summed E-state index contributed by atoms with van der Waals surface area (Å²) >= 11 is 0. The molecule has 0 unspecified atom stereocenters. The Kier molecular flexibility index (Phi) is 6.68. The first-order valence-corrected chi connectivity index (χ1v) is 9.04. The van der Waals surface area contributed by atoms with E-state index in [1.165, 1.54) is 12.1 Å². The van der Waals surface area contributed by atoms with E-state index in [-0.39, 0.29) is 24.7 Å². The van der Waals surface area contributed by atoms with E-state index in [1.54, 1.807) is 12.1 Å². The molecule has 0 amide bonds. The van der Waals surface area contributed by atoms with E-state index in [2.05, 4.69) is 5.32 Å². The van der Waals surface area contributed by atoms with Gasteiger partial charge in [0, 0.05) is 6.54 Å². The summed E-state index contributed by atoms with van der Waals surface area (Å²) in [6.07, 6.45) is -10.8. The van der Waals surface area contributed by atoms with Gasteiger partial charge in [-0.25, -0.2) is 4.39 Å². The number of hydrogen-bond acceptors (Lipinski definition) is 3. The Morgan fingerprint density at radius 2 is 1.53 bits per heavy atom. The van der Waals surface area contributed by atoms with Crippen molar-refractivity contribution in [2.24, 2.45) is 0 Å². The largest absolute Gasteiger partial charge is 0.416 e. The molecule has 30 heavy (non-hydrogen) atoms. The molecule has 2 atom stereocenters. The molecule has 1 aliphatic rings. The van der Waals surface area contributed by atoms with E-state index in [0.29, 0.717) is 30.8 Å². The lowest BCUT2D eigenvalue weighted by atomic mass is 10.0. The molecule has 10 heteroatoms. The molecule has 0 saturated carbocycles. The first-order valence-electron chi connectivity index (χ1n) is 9.04. The molecule has 2 aromatic rings. The van der Waals surface area contributed by atoms with Crippen LogP contribution in [0.3, 0.4) is 0 Å².